The highest BCUT2D eigenvalue weighted by Crippen LogP contribution is 2.49. The zero-order valence-electron chi connectivity index (χ0n) is 24.3. The lowest BCUT2D eigenvalue weighted by atomic mass is 9.63. The number of Topliss-reactive ketones (excluding diaryl/α,β-unsaturated/α-hetero) is 1. The van der Waals surface area contributed by atoms with E-state index in [0.717, 1.165) is 43.2 Å². The van der Waals surface area contributed by atoms with Crippen molar-refractivity contribution in [3.8, 4) is 28.7 Å². The smallest absolute Gasteiger partial charge is 0.200 e. The molecule has 2 atom stereocenters. The first-order chi connectivity index (χ1) is 20.2. The minimum atomic E-state index is -0.892. The van der Waals surface area contributed by atoms with Gasteiger partial charge in [0, 0.05) is 12.8 Å². The van der Waals surface area contributed by atoms with Crippen LogP contribution in [0, 0.1) is 0 Å². The number of phenols is 3. The number of aryl methyl sites for hydroxylation is 1. The normalized spacial score (nSPS) is 16.0. The van der Waals surface area contributed by atoms with Crippen molar-refractivity contribution in [1.82, 2.24) is 0 Å². The Labute approximate surface area is 247 Å². The van der Waals surface area contributed by atoms with Crippen LogP contribution in [-0.2, 0) is 16.6 Å². The van der Waals surface area contributed by atoms with Crippen molar-refractivity contribution in [3.05, 3.63) is 77.4 Å². The van der Waals surface area contributed by atoms with Gasteiger partial charge < -0.3 is 29.9 Å². The molecule has 0 heterocycles. The quantitative estimate of drug-likeness (QED) is 0.119. The van der Waals surface area contributed by atoms with E-state index in [9.17, 15) is 25.2 Å². The van der Waals surface area contributed by atoms with Gasteiger partial charge in [0.05, 0.1) is 13.2 Å². The maximum atomic E-state index is 12.9. The molecule has 6 N–H and O–H groups in total. The number of methoxy groups -OCH3 is 1. The summed E-state index contributed by atoms with van der Waals surface area (Å²) in [7, 11) is 1.44. The van der Waals surface area contributed by atoms with Gasteiger partial charge in [-0.15, -0.1) is 0 Å². The van der Waals surface area contributed by atoms with Gasteiger partial charge in [0.1, 0.15) is 12.5 Å². The SMILES string of the molecule is COc1cc(C(CC(O)CC(=O)CCc2ccc(O)c(OCN)c2)CC2(c3ccccc3)CCCCC2)cc(O)c1O. The van der Waals surface area contributed by atoms with Gasteiger partial charge in [0.2, 0.25) is 5.75 Å². The number of carbonyl (C=O) groups is 1. The Balaban J connectivity index is 1.52. The maximum Gasteiger partial charge on any atom is 0.200 e. The topological polar surface area (TPSA) is 142 Å². The molecule has 0 aliphatic heterocycles. The van der Waals surface area contributed by atoms with E-state index in [1.165, 1.54) is 25.2 Å². The van der Waals surface area contributed by atoms with Crippen LogP contribution in [0.3, 0.4) is 0 Å². The van der Waals surface area contributed by atoms with Crippen LogP contribution < -0.4 is 15.2 Å². The van der Waals surface area contributed by atoms with E-state index >= 15 is 0 Å². The molecule has 0 aromatic heterocycles. The van der Waals surface area contributed by atoms with Gasteiger partial charge in [-0.25, -0.2) is 0 Å². The van der Waals surface area contributed by atoms with Crippen molar-refractivity contribution in [1.29, 1.82) is 0 Å². The maximum absolute atomic E-state index is 12.9. The molecule has 0 spiro atoms. The molecule has 0 radical (unpaired) electrons. The second-order valence-corrected chi connectivity index (χ2v) is 11.4. The van der Waals surface area contributed by atoms with Crippen LogP contribution >= 0.6 is 0 Å². The molecule has 226 valence electrons. The third kappa shape index (κ3) is 7.75. The first-order valence-corrected chi connectivity index (χ1v) is 14.7. The van der Waals surface area contributed by atoms with Crippen LogP contribution in [-0.4, -0.2) is 46.2 Å². The largest absolute Gasteiger partial charge is 0.504 e. The Bertz CT molecular complexity index is 1320. The van der Waals surface area contributed by atoms with Gasteiger partial charge in [0.25, 0.3) is 0 Å². The number of nitrogens with two attached hydrogens (primary N) is 1. The van der Waals surface area contributed by atoms with Gasteiger partial charge in [-0.1, -0.05) is 55.7 Å². The van der Waals surface area contributed by atoms with Gasteiger partial charge in [-0.2, -0.15) is 0 Å². The number of ether oxygens (including phenoxy) is 2. The highest BCUT2D eigenvalue weighted by Gasteiger charge is 2.37. The minimum Gasteiger partial charge on any atom is -0.504 e. The van der Waals surface area contributed by atoms with E-state index in [2.05, 4.69) is 24.3 Å². The fourth-order valence-corrected chi connectivity index (χ4v) is 6.42. The second kappa shape index (κ2) is 14.4. The number of aromatic hydroxyl groups is 3. The number of ketones is 1. The van der Waals surface area contributed by atoms with Crippen LogP contribution in [0.25, 0.3) is 0 Å². The summed E-state index contributed by atoms with van der Waals surface area (Å²) in [6.07, 6.45) is 6.28. The number of benzene rings is 3. The Kier molecular flexibility index (Phi) is 10.7. The highest BCUT2D eigenvalue weighted by molar-refractivity contribution is 5.79. The van der Waals surface area contributed by atoms with Crippen LogP contribution in [0.2, 0.25) is 0 Å². The van der Waals surface area contributed by atoms with Crippen molar-refractivity contribution < 1.29 is 34.7 Å². The summed E-state index contributed by atoms with van der Waals surface area (Å²) in [6.45, 7) is -0.0699. The molecule has 3 aromatic carbocycles. The fraction of sp³-hybridized carbons (Fsp3) is 0.441. The van der Waals surface area contributed by atoms with Crippen LogP contribution in [0.15, 0.2) is 60.7 Å². The number of rotatable bonds is 14. The average molecular weight is 578 g/mol. The van der Waals surface area contributed by atoms with Gasteiger partial charge in [-0.05, 0) is 84.4 Å². The van der Waals surface area contributed by atoms with E-state index in [0.29, 0.717) is 12.8 Å². The molecule has 0 bridgehead atoms. The molecule has 0 amide bonds. The molecule has 42 heavy (non-hydrogen) atoms. The number of hydrogen-bond acceptors (Lipinski definition) is 8. The summed E-state index contributed by atoms with van der Waals surface area (Å²) >= 11 is 0. The first-order valence-electron chi connectivity index (χ1n) is 14.7. The zero-order chi connectivity index (χ0) is 30.1. The summed E-state index contributed by atoms with van der Waals surface area (Å²) in [5.41, 5.74) is 8.17. The molecule has 2 unspecified atom stereocenters. The zero-order valence-corrected chi connectivity index (χ0v) is 24.3. The molecule has 3 aromatic rings. The lowest BCUT2D eigenvalue weighted by Gasteiger charge is -2.41. The molecule has 8 heteroatoms. The molecule has 1 saturated carbocycles. The first kappa shape index (κ1) is 31.2. The van der Waals surface area contributed by atoms with Gasteiger partial charge in [-0.3, -0.25) is 10.5 Å². The summed E-state index contributed by atoms with van der Waals surface area (Å²) in [4.78, 5) is 12.9. The average Bonchev–Trinajstić information content (AvgIpc) is 2.99. The number of hydrogen-bond donors (Lipinski definition) is 5. The summed E-state index contributed by atoms with van der Waals surface area (Å²) < 4.78 is 10.6. The van der Waals surface area contributed by atoms with Gasteiger partial charge >= 0.3 is 0 Å². The predicted octanol–water partition coefficient (Wildman–Crippen LogP) is 5.83. The molecule has 0 saturated heterocycles. The Morgan fingerprint density at radius 1 is 0.952 bits per heavy atom. The minimum absolute atomic E-state index is 0.000276. The Hall–Kier alpha value is -3.75. The lowest BCUT2D eigenvalue weighted by molar-refractivity contribution is -0.121. The summed E-state index contributed by atoms with van der Waals surface area (Å²) in [5.74, 6) is -0.431. The van der Waals surface area contributed by atoms with Crippen LogP contribution in [0.1, 0.15) is 80.4 Å². The van der Waals surface area contributed by atoms with Crippen molar-refractivity contribution in [2.75, 3.05) is 13.8 Å². The van der Waals surface area contributed by atoms with Crippen LogP contribution in [0.5, 0.6) is 28.7 Å². The predicted molar refractivity (Wildman–Crippen MR) is 161 cm³/mol. The molecular weight excluding hydrogens is 534 g/mol. The van der Waals surface area contributed by atoms with E-state index in [1.807, 2.05) is 6.07 Å². The summed E-state index contributed by atoms with van der Waals surface area (Å²) in [5, 5.41) is 41.9. The van der Waals surface area contributed by atoms with Crippen molar-refractivity contribution in [2.24, 2.45) is 5.73 Å². The third-order valence-electron chi connectivity index (χ3n) is 8.58. The van der Waals surface area contributed by atoms with E-state index < -0.39 is 6.10 Å². The van der Waals surface area contributed by atoms with Crippen molar-refractivity contribution in [3.63, 3.8) is 0 Å². The molecule has 1 aliphatic rings. The van der Waals surface area contributed by atoms with E-state index in [1.54, 1.807) is 24.3 Å². The highest BCUT2D eigenvalue weighted by atomic mass is 16.5. The molecule has 1 aliphatic carbocycles. The standard InChI is InChI=1S/C34H43NO7/c1-41-32-19-24(18-30(39)33(32)40)25(21-34(14-6-3-7-15-34)26-8-4-2-5-9-26)17-28(37)20-27(36)12-10-23-11-13-29(38)31(16-23)42-22-35/h2,4-5,8-9,11,13,16,18-19,25,28,37-40H,3,6-7,10,12,14-15,17,20-22,35H2,1H3. The Morgan fingerprint density at radius 3 is 2.38 bits per heavy atom. The number of carbonyl (C=O) groups excluding carboxylic acids is 1. The lowest BCUT2D eigenvalue weighted by Crippen LogP contribution is -2.32. The molecule has 4 rings (SSSR count). The number of aliphatic hydroxyl groups is 1. The van der Waals surface area contributed by atoms with Crippen molar-refractivity contribution in [2.45, 2.75) is 81.6 Å². The third-order valence-corrected chi connectivity index (χ3v) is 8.58. The van der Waals surface area contributed by atoms with Gasteiger partial charge in [0.15, 0.2) is 23.0 Å². The van der Waals surface area contributed by atoms with E-state index in [4.69, 9.17) is 15.2 Å². The second-order valence-electron chi connectivity index (χ2n) is 11.4. The Morgan fingerprint density at radius 2 is 1.69 bits per heavy atom. The van der Waals surface area contributed by atoms with E-state index in [-0.39, 0.29) is 65.4 Å². The molecular formula is C34H43NO7. The monoisotopic (exact) mass is 577 g/mol. The summed E-state index contributed by atoms with van der Waals surface area (Å²) in [6, 6.07) is 18.7. The number of aliphatic hydroxyl groups excluding tert-OH is 1. The fourth-order valence-electron chi connectivity index (χ4n) is 6.42. The molecule has 1 fully saturated rings. The number of phenolic OH excluding ortho intramolecular Hbond substituents is 3. The van der Waals surface area contributed by atoms with Crippen LogP contribution in [0.4, 0.5) is 0 Å². The molecule has 8 nitrogen and oxygen atoms in total. The van der Waals surface area contributed by atoms with Crippen molar-refractivity contribution >= 4 is 5.78 Å².